The van der Waals surface area contributed by atoms with Gasteiger partial charge in [-0.25, -0.2) is 9.59 Å². The predicted molar refractivity (Wildman–Crippen MR) is 186 cm³/mol. The number of H-pyrrole nitrogens is 1. The minimum absolute atomic E-state index is 0.0820. The maximum atomic E-state index is 14.8. The largest absolute Gasteiger partial charge is 0.487 e. The van der Waals surface area contributed by atoms with Crippen LogP contribution in [0.5, 0.6) is 5.75 Å². The van der Waals surface area contributed by atoms with E-state index in [4.69, 9.17) is 27.1 Å². The number of carbonyl (C=O) groups excluding carboxylic acids is 4. The van der Waals surface area contributed by atoms with E-state index >= 15 is 0 Å². The van der Waals surface area contributed by atoms with E-state index in [1.54, 1.807) is 36.5 Å². The van der Waals surface area contributed by atoms with Crippen LogP contribution in [0.2, 0.25) is 5.02 Å². The second-order valence-corrected chi connectivity index (χ2v) is 13.6. The van der Waals surface area contributed by atoms with Crippen molar-refractivity contribution in [2.45, 2.75) is 44.9 Å². The number of nitrogens with one attached hydrogen (secondary N) is 2. The first kappa shape index (κ1) is 34.2. The SMILES string of the molecule is CC(C)(C)Oc1cc(C(=O)CC(N)=O)ccc1C1=NC(c2ccc(C(=O)O)cc2)C(c2c[nH]c3cc(Cl)ccc23)N1C(=O)N1CCNC(=O)C1. The highest BCUT2D eigenvalue weighted by molar-refractivity contribution is 6.31. The molecule has 0 radical (unpaired) electrons. The average Bonchev–Trinajstić information content (AvgIpc) is 3.64. The van der Waals surface area contributed by atoms with E-state index in [9.17, 15) is 29.1 Å². The number of carbonyl (C=O) groups is 5. The predicted octanol–water partition coefficient (Wildman–Crippen LogP) is 4.85. The van der Waals surface area contributed by atoms with Gasteiger partial charge in [0, 0.05) is 46.3 Å². The standard InChI is InChI=1S/C36H35ClN6O7/c1-36(2,3)50-28-14-21(27(44)16-29(38)45)8-10-24(28)33-41-31(19-4-6-20(7-5-19)34(47)48)32(25-17-40-26-15-22(37)9-11-23(25)26)43(33)35(49)42-13-12-39-30(46)18-42/h4-11,14-15,17,31-32,40H,12-13,16,18H2,1-3H3,(H2,38,45)(H,39,46)(H,47,48). The lowest BCUT2D eigenvalue weighted by molar-refractivity contribution is -0.123. The molecule has 1 aromatic heterocycles. The van der Waals surface area contributed by atoms with Gasteiger partial charge in [-0.3, -0.25) is 24.3 Å². The molecule has 3 heterocycles. The van der Waals surface area contributed by atoms with Crippen LogP contribution in [0, 0.1) is 0 Å². The lowest BCUT2D eigenvalue weighted by Gasteiger charge is -2.36. The number of Topliss-reactive ketones (excluding diaryl/α,β-unsaturated/α-hetero) is 1. The Bertz CT molecular complexity index is 2070. The molecule has 2 aliphatic heterocycles. The van der Waals surface area contributed by atoms with Crippen LogP contribution in [-0.2, 0) is 9.59 Å². The van der Waals surface area contributed by atoms with Gasteiger partial charge in [0.25, 0.3) is 0 Å². The molecule has 258 valence electrons. The molecular weight excluding hydrogens is 664 g/mol. The lowest BCUT2D eigenvalue weighted by Crippen LogP contribution is -2.55. The van der Waals surface area contributed by atoms with Crippen LogP contribution in [-0.4, -0.2) is 80.6 Å². The summed E-state index contributed by atoms with van der Waals surface area (Å²) < 4.78 is 6.37. The van der Waals surface area contributed by atoms with Gasteiger partial charge in [0.05, 0.1) is 23.6 Å². The summed E-state index contributed by atoms with van der Waals surface area (Å²) >= 11 is 6.32. The third-order valence-corrected chi connectivity index (χ3v) is 8.61. The fourth-order valence-electron chi connectivity index (χ4n) is 6.21. The third kappa shape index (κ3) is 6.90. The first-order chi connectivity index (χ1) is 23.7. The summed E-state index contributed by atoms with van der Waals surface area (Å²) in [7, 11) is 0. The number of nitrogens with zero attached hydrogens (tertiary/aromatic N) is 3. The van der Waals surface area contributed by atoms with Gasteiger partial charge in [0.1, 0.15) is 29.8 Å². The zero-order valence-corrected chi connectivity index (χ0v) is 28.3. The van der Waals surface area contributed by atoms with Crippen molar-refractivity contribution in [1.82, 2.24) is 20.1 Å². The number of ketones is 1. The van der Waals surface area contributed by atoms with Crippen LogP contribution in [0.4, 0.5) is 4.79 Å². The van der Waals surface area contributed by atoms with E-state index in [1.165, 1.54) is 34.1 Å². The van der Waals surface area contributed by atoms with Gasteiger partial charge in [0.2, 0.25) is 11.8 Å². The molecule has 0 saturated carbocycles. The lowest BCUT2D eigenvalue weighted by atomic mass is 9.92. The number of benzene rings is 3. The monoisotopic (exact) mass is 698 g/mol. The Kier molecular flexibility index (Phi) is 9.10. The first-order valence-corrected chi connectivity index (χ1v) is 16.3. The number of hydrogen-bond acceptors (Lipinski definition) is 7. The summed E-state index contributed by atoms with van der Waals surface area (Å²) in [6.07, 6.45) is 1.28. The molecule has 14 heteroatoms. The number of halogens is 1. The van der Waals surface area contributed by atoms with Crippen LogP contribution in [0.1, 0.15) is 76.7 Å². The Balaban J connectivity index is 1.59. The maximum Gasteiger partial charge on any atom is 0.335 e. The van der Waals surface area contributed by atoms with Crippen LogP contribution >= 0.6 is 11.6 Å². The molecule has 2 atom stereocenters. The molecule has 50 heavy (non-hydrogen) atoms. The number of carboxylic acids is 1. The summed E-state index contributed by atoms with van der Waals surface area (Å²) in [6, 6.07) is 14.2. The van der Waals surface area contributed by atoms with Gasteiger partial charge in [-0.15, -0.1) is 0 Å². The Morgan fingerprint density at radius 2 is 1.76 bits per heavy atom. The Morgan fingerprint density at radius 3 is 2.42 bits per heavy atom. The summed E-state index contributed by atoms with van der Waals surface area (Å²) in [6.45, 7) is 5.81. The van der Waals surface area contributed by atoms with E-state index in [-0.39, 0.29) is 48.3 Å². The van der Waals surface area contributed by atoms with Crippen molar-refractivity contribution in [2.24, 2.45) is 10.7 Å². The number of amidine groups is 1. The number of amides is 4. The Labute approximate surface area is 292 Å². The normalized spacial score (nSPS) is 17.8. The fourth-order valence-corrected chi connectivity index (χ4v) is 6.38. The molecule has 0 spiro atoms. The number of nitrogens with two attached hydrogens (primary N) is 1. The number of aromatic amines is 1. The molecule has 6 rings (SSSR count). The second-order valence-electron chi connectivity index (χ2n) is 13.1. The number of rotatable bonds is 8. The Hall–Kier alpha value is -5.69. The fraction of sp³-hybridized carbons (Fsp3) is 0.278. The van der Waals surface area contributed by atoms with Gasteiger partial charge in [-0.2, -0.15) is 0 Å². The summed E-state index contributed by atoms with van der Waals surface area (Å²) in [5.74, 6) is -2.25. The highest BCUT2D eigenvalue weighted by Gasteiger charge is 2.46. The van der Waals surface area contributed by atoms with Crippen molar-refractivity contribution in [2.75, 3.05) is 19.6 Å². The van der Waals surface area contributed by atoms with E-state index in [1.807, 2.05) is 26.8 Å². The molecule has 1 saturated heterocycles. The number of urea groups is 1. The zero-order valence-electron chi connectivity index (χ0n) is 27.5. The van der Waals surface area contributed by atoms with Crippen LogP contribution in [0.3, 0.4) is 0 Å². The van der Waals surface area contributed by atoms with E-state index in [2.05, 4.69) is 10.3 Å². The van der Waals surface area contributed by atoms with Crippen LogP contribution in [0.15, 0.2) is 71.9 Å². The van der Waals surface area contributed by atoms with E-state index in [0.717, 1.165) is 10.9 Å². The molecular formula is C36H35ClN6O7. The molecule has 0 aliphatic carbocycles. The number of aliphatic imine (C=N–C) groups is 1. The van der Waals surface area contributed by atoms with Crippen molar-refractivity contribution < 1.29 is 33.8 Å². The van der Waals surface area contributed by atoms with Crippen molar-refractivity contribution in [3.8, 4) is 5.75 Å². The molecule has 13 nitrogen and oxygen atoms in total. The first-order valence-electron chi connectivity index (χ1n) is 15.9. The highest BCUT2D eigenvalue weighted by Crippen LogP contribution is 2.47. The molecule has 4 aromatic rings. The molecule has 1 fully saturated rings. The summed E-state index contributed by atoms with van der Waals surface area (Å²) in [4.78, 5) is 74.9. The second kappa shape index (κ2) is 13.3. The van der Waals surface area contributed by atoms with Crippen molar-refractivity contribution >= 4 is 57.9 Å². The minimum Gasteiger partial charge on any atom is -0.487 e. The number of fused-ring (bicyclic) bond motifs is 1. The summed E-state index contributed by atoms with van der Waals surface area (Å²) in [5, 5.41) is 13.6. The number of piperazine rings is 1. The number of hydrogen-bond donors (Lipinski definition) is 4. The van der Waals surface area contributed by atoms with Gasteiger partial charge >= 0.3 is 12.0 Å². The molecule has 4 amide bonds. The minimum atomic E-state index is -1.09. The number of aromatic carboxylic acids is 1. The zero-order chi connectivity index (χ0) is 35.9. The van der Waals surface area contributed by atoms with Gasteiger partial charge < -0.3 is 30.8 Å². The average molecular weight is 699 g/mol. The highest BCUT2D eigenvalue weighted by atomic mass is 35.5. The quantitative estimate of drug-likeness (QED) is 0.149. The number of aromatic nitrogens is 1. The van der Waals surface area contributed by atoms with Gasteiger partial charge in [-0.1, -0.05) is 35.9 Å². The smallest absolute Gasteiger partial charge is 0.335 e. The topological polar surface area (TPSA) is 187 Å². The number of carboxylic acid groups (broad SMARTS) is 1. The number of primary amides is 1. The molecule has 2 unspecified atom stereocenters. The third-order valence-electron chi connectivity index (χ3n) is 8.37. The van der Waals surface area contributed by atoms with Crippen LogP contribution in [0.25, 0.3) is 10.9 Å². The summed E-state index contributed by atoms with van der Waals surface area (Å²) in [5.41, 5.74) is 7.23. The van der Waals surface area contributed by atoms with Crippen molar-refractivity contribution in [1.29, 1.82) is 0 Å². The molecule has 2 aliphatic rings. The van der Waals surface area contributed by atoms with Crippen molar-refractivity contribution in [3.63, 3.8) is 0 Å². The van der Waals surface area contributed by atoms with Gasteiger partial charge in [-0.05, 0) is 62.7 Å². The van der Waals surface area contributed by atoms with Gasteiger partial charge in [0.15, 0.2) is 5.78 Å². The van der Waals surface area contributed by atoms with Crippen LogP contribution < -0.4 is 15.8 Å². The maximum absolute atomic E-state index is 14.8. The van der Waals surface area contributed by atoms with Crippen molar-refractivity contribution in [3.05, 3.63) is 99.7 Å². The molecule has 5 N–H and O–H groups in total. The van der Waals surface area contributed by atoms with E-state index in [0.29, 0.717) is 21.7 Å². The van der Waals surface area contributed by atoms with E-state index < -0.39 is 47.8 Å². The Morgan fingerprint density at radius 1 is 1.04 bits per heavy atom. The molecule has 3 aromatic carbocycles. The number of ether oxygens (including phenoxy) is 1. The molecule has 0 bridgehead atoms.